The van der Waals surface area contributed by atoms with Crippen molar-refractivity contribution < 1.29 is 23.0 Å². The standard InChI is InChI=1S/C24H19F2N3O3/c1-31-18-11-7-10-17(22(18)32-24(25)26)13-14-20(30)28-23-21(16-8-3-2-4-9-16)27-19-12-5-6-15-29(19)23/h2-15,24H,1H3,(H,28,30)/b14-13+. The van der Waals surface area contributed by atoms with Crippen LogP contribution in [0.3, 0.4) is 0 Å². The molecule has 2 aromatic heterocycles. The summed E-state index contributed by atoms with van der Waals surface area (Å²) in [7, 11) is 1.35. The third-order valence-electron chi connectivity index (χ3n) is 4.67. The highest BCUT2D eigenvalue weighted by Gasteiger charge is 2.16. The maximum absolute atomic E-state index is 12.8. The summed E-state index contributed by atoms with van der Waals surface area (Å²) in [4.78, 5) is 17.4. The molecule has 0 saturated heterocycles. The second-order valence-electron chi connectivity index (χ2n) is 6.68. The first-order valence-corrected chi connectivity index (χ1v) is 9.70. The highest BCUT2D eigenvalue weighted by Crippen LogP contribution is 2.33. The molecule has 4 aromatic rings. The van der Waals surface area contributed by atoms with Gasteiger partial charge in [-0.2, -0.15) is 8.78 Å². The maximum atomic E-state index is 12.8. The van der Waals surface area contributed by atoms with Gasteiger partial charge >= 0.3 is 6.61 Å². The summed E-state index contributed by atoms with van der Waals surface area (Å²) in [5.41, 5.74) is 2.41. The van der Waals surface area contributed by atoms with Gasteiger partial charge in [-0.3, -0.25) is 9.20 Å². The number of carbonyl (C=O) groups excluding carboxylic acids is 1. The molecule has 0 aliphatic carbocycles. The van der Waals surface area contributed by atoms with Crippen LogP contribution in [0.5, 0.6) is 11.5 Å². The van der Waals surface area contributed by atoms with Crippen LogP contribution in [-0.2, 0) is 4.79 Å². The first-order chi connectivity index (χ1) is 15.6. The van der Waals surface area contributed by atoms with Crippen LogP contribution in [0.25, 0.3) is 23.0 Å². The van der Waals surface area contributed by atoms with E-state index < -0.39 is 12.5 Å². The van der Waals surface area contributed by atoms with Crippen LogP contribution in [0.1, 0.15) is 5.56 Å². The Hall–Kier alpha value is -4.20. The molecule has 8 heteroatoms. The molecule has 0 radical (unpaired) electrons. The van der Waals surface area contributed by atoms with E-state index in [0.717, 1.165) is 5.56 Å². The smallest absolute Gasteiger partial charge is 0.387 e. The topological polar surface area (TPSA) is 64.9 Å². The van der Waals surface area contributed by atoms with E-state index in [1.807, 2.05) is 48.5 Å². The van der Waals surface area contributed by atoms with Crippen molar-refractivity contribution in [2.75, 3.05) is 12.4 Å². The number of rotatable bonds is 7. The molecule has 1 N–H and O–H groups in total. The average Bonchev–Trinajstić information content (AvgIpc) is 3.17. The molecule has 4 rings (SSSR count). The quantitative estimate of drug-likeness (QED) is 0.402. The Balaban J connectivity index is 1.65. The van der Waals surface area contributed by atoms with Crippen molar-refractivity contribution in [3.63, 3.8) is 0 Å². The molecule has 0 atom stereocenters. The van der Waals surface area contributed by atoms with E-state index >= 15 is 0 Å². The Kier molecular flexibility index (Phi) is 6.12. The van der Waals surface area contributed by atoms with Crippen molar-refractivity contribution in [2.45, 2.75) is 6.61 Å². The number of hydrogen-bond acceptors (Lipinski definition) is 4. The monoisotopic (exact) mass is 435 g/mol. The normalized spacial score (nSPS) is 11.2. The lowest BCUT2D eigenvalue weighted by molar-refractivity contribution is -0.111. The van der Waals surface area contributed by atoms with Crippen molar-refractivity contribution in [1.82, 2.24) is 9.38 Å². The molecule has 6 nitrogen and oxygen atoms in total. The number of halogens is 2. The second kappa shape index (κ2) is 9.30. The number of anilines is 1. The van der Waals surface area contributed by atoms with Crippen LogP contribution in [0.4, 0.5) is 14.6 Å². The van der Waals surface area contributed by atoms with Crippen molar-refractivity contribution in [3.05, 3.63) is 84.6 Å². The number of nitrogens with one attached hydrogen (secondary N) is 1. The van der Waals surface area contributed by atoms with Crippen LogP contribution in [0.2, 0.25) is 0 Å². The van der Waals surface area contributed by atoms with Gasteiger partial charge in [-0.25, -0.2) is 4.98 Å². The molecular weight excluding hydrogens is 416 g/mol. The fourth-order valence-electron chi connectivity index (χ4n) is 3.28. The zero-order valence-corrected chi connectivity index (χ0v) is 17.0. The Bertz CT molecular complexity index is 1270. The van der Waals surface area contributed by atoms with Gasteiger partial charge in [0.2, 0.25) is 5.91 Å². The molecule has 2 aromatic carbocycles. The van der Waals surface area contributed by atoms with E-state index in [4.69, 9.17) is 4.74 Å². The zero-order valence-electron chi connectivity index (χ0n) is 17.0. The van der Waals surface area contributed by atoms with Gasteiger partial charge in [-0.1, -0.05) is 48.5 Å². The Morgan fingerprint density at radius 1 is 1.06 bits per heavy atom. The molecule has 162 valence electrons. The summed E-state index contributed by atoms with van der Waals surface area (Å²) >= 11 is 0. The zero-order chi connectivity index (χ0) is 22.5. The van der Waals surface area contributed by atoms with E-state index in [0.29, 0.717) is 17.2 Å². The molecular formula is C24H19F2N3O3. The molecule has 32 heavy (non-hydrogen) atoms. The number of alkyl halides is 2. The third kappa shape index (κ3) is 4.44. The summed E-state index contributed by atoms with van der Waals surface area (Å²) in [6, 6.07) is 19.7. The van der Waals surface area contributed by atoms with Crippen LogP contribution in [0.15, 0.2) is 79.0 Å². The summed E-state index contributed by atoms with van der Waals surface area (Å²) in [5.74, 6) is 0.0321. The number of ether oxygens (including phenoxy) is 2. The summed E-state index contributed by atoms with van der Waals surface area (Å²) in [6.07, 6.45) is 4.43. The highest BCUT2D eigenvalue weighted by molar-refractivity contribution is 6.04. The van der Waals surface area contributed by atoms with Gasteiger partial charge in [0.15, 0.2) is 11.5 Å². The number of para-hydroxylation sites is 1. The minimum Gasteiger partial charge on any atom is -0.493 e. The third-order valence-corrected chi connectivity index (χ3v) is 4.67. The largest absolute Gasteiger partial charge is 0.493 e. The molecule has 0 fully saturated rings. The summed E-state index contributed by atoms with van der Waals surface area (Å²) in [6.45, 7) is -3.03. The van der Waals surface area contributed by atoms with E-state index in [1.165, 1.54) is 25.3 Å². The SMILES string of the molecule is COc1cccc(/C=C/C(=O)Nc2c(-c3ccccc3)nc3ccccn23)c1OC(F)F. The lowest BCUT2D eigenvalue weighted by atomic mass is 10.1. The van der Waals surface area contributed by atoms with E-state index in [1.54, 1.807) is 22.7 Å². The minimum absolute atomic E-state index is 0.140. The predicted octanol–water partition coefficient (Wildman–Crippen LogP) is 5.26. The number of fused-ring (bicyclic) bond motifs is 1. The van der Waals surface area contributed by atoms with Crippen molar-refractivity contribution in [3.8, 4) is 22.8 Å². The van der Waals surface area contributed by atoms with Crippen LogP contribution < -0.4 is 14.8 Å². The van der Waals surface area contributed by atoms with Crippen LogP contribution >= 0.6 is 0 Å². The van der Waals surface area contributed by atoms with Gasteiger partial charge in [-0.05, 0) is 24.3 Å². The summed E-state index contributed by atoms with van der Waals surface area (Å²) in [5, 5.41) is 2.85. The van der Waals surface area contributed by atoms with E-state index in [9.17, 15) is 13.6 Å². The number of benzene rings is 2. The predicted molar refractivity (Wildman–Crippen MR) is 118 cm³/mol. The van der Waals surface area contributed by atoms with Gasteiger partial charge in [0.05, 0.1) is 7.11 Å². The Morgan fingerprint density at radius 3 is 2.59 bits per heavy atom. The van der Waals surface area contributed by atoms with Crippen LogP contribution in [-0.4, -0.2) is 29.0 Å². The maximum Gasteiger partial charge on any atom is 0.387 e. The molecule has 1 amide bonds. The van der Waals surface area contributed by atoms with Gasteiger partial charge < -0.3 is 14.8 Å². The molecule has 0 spiro atoms. The summed E-state index contributed by atoms with van der Waals surface area (Å²) < 4.78 is 37.1. The number of amides is 1. The van der Waals surface area contributed by atoms with Gasteiger partial charge in [0.25, 0.3) is 0 Å². The van der Waals surface area contributed by atoms with E-state index in [-0.39, 0.29) is 17.1 Å². The number of carbonyl (C=O) groups is 1. The number of pyridine rings is 1. The average molecular weight is 435 g/mol. The van der Waals surface area contributed by atoms with Gasteiger partial charge in [-0.15, -0.1) is 0 Å². The number of aromatic nitrogens is 2. The highest BCUT2D eigenvalue weighted by atomic mass is 19.3. The lowest BCUT2D eigenvalue weighted by Crippen LogP contribution is -2.11. The molecule has 0 bridgehead atoms. The number of nitrogens with zero attached hydrogens (tertiary/aromatic N) is 2. The molecule has 2 heterocycles. The number of hydrogen-bond donors (Lipinski definition) is 1. The Morgan fingerprint density at radius 2 is 1.84 bits per heavy atom. The first-order valence-electron chi connectivity index (χ1n) is 9.70. The van der Waals surface area contributed by atoms with Crippen molar-refractivity contribution in [2.24, 2.45) is 0 Å². The lowest BCUT2D eigenvalue weighted by Gasteiger charge is -2.12. The Labute approximate surface area is 182 Å². The molecule has 0 unspecified atom stereocenters. The fourth-order valence-corrected chi connectivity index (χ4v) is 3.28. The van der Waals surface area contributed by atoms with E-state index in [2.05, 4.69) is 15.0 Å². The van der Waals surface area contributed by atoms with Crippen LogP contribution in [0, 0.1) is 0 Å². The molecule has 0 aliphatic heterocycles. The molecule has 0 saturated carbocycles. The minimum atomic E-state index is -3.03. The number of imidazole rings is 1. The van der Waals surface area contributed by atoms with Crippen molar-refractivity contribution >= 4 is 23.4 Å². The molecule has 0 aliphatic rings. The van der Waals surface area contributed by atoms with Crippen molar-refractivity contribution in [1.29, 1.82) is 0 Å². The van der Waals surface area contributed by atoms with Gasteiger partial charge in [0.1, 0.15) is 17.2 Å². The number of methoxy groups -OCH3 is 1. The fraction of sp³-hybridized carbons (Fsp3) is 0.0833. The van der Waals surface area contributed by atoms with Gasteiger partial charge in [0, 0.05) is 23.4 Å². The first kappa shape index (κ1) is 21.0. The second-order valence-corrected chi connectivity index (χ2v) is 6.68.